The zero-order valence-electron chi connectivity index (χ0n) is 18.0. The molecule has 0 unspecified atom stereocenters. The molecule has 0 saturated carbocycles. The Bertz CT molecular complexity index is 721. The van der Waals surface area contributed by atoms with E-state index in [2.05, 4.69) is 17.3 Å². The first kappa shape index (κ1) is 23.3. The second-order valence-electron chi connectivity index (χ2n) is 7.50. The molecule has 0 aliphatic carbocycles. The van der Waals surface area contributed by atoms with E-state index >= 15 is 0 Å². The summed E-state index contributed by atoms with van der Waals surface area (Å²) < 4.78 is 5.86. The van der Waals surface area contributed by atoms with E-state index in [1.165, 1.54) is 69.1 Å². The lowest BCUT2D eigenvalue weighted by Crippen LogP contribution is -2.37. The van der Waals surface area contributed by atoms with Crippen molar-refractivity contribution in [3.8, 4) is 5.75 Å². The van der Waals surface area contributed by atoms with Gasteiger partial charge < -0.3 is 10.1 Å². The number of hydrogen-bond donors (Lipinski definition) is 1. The van der Waals surface area contributed by atoms with Gasteiger partial charge in [-0.3, -0.25) is 9.59 Å². The second kappa shape index (κ2) is 11.2. The predicted octanol–water partition coefficient (Wildman–Crippen LogP) is 4.99. The fourth-order valence-electron chi connectivity index (χ4n) is 3.30. The van der Waals surface area contributed by atoms with Crippen LogP contribution in [0.4, 0.5) is 0 Å². The molecule has 1 N–H and O–H groups in total. The van der Waals surface area contributed by atoms with Crippen LogP contribution in [0.1, 0.15) is 78.2 Å². The molecule has 0 fully saturated rings. The van der Waals surface area contributed by atoms with Crippen LogP contribution in [-0.2, 0) is 14.5 Å². The van der Waals surface area contributed by atoms with Crippen LogP contribution in [0.25, 0.3) is 0 Å². The summed E-state index contributed by atoms with van der Waals surface area (Å²) in [6, 6.07) is 7.76. The van der Waals surface area contributed by atoms with Crippen LogP contribution in [0.5, 0.6) is 5.75 Å². The van der Waals surface area contributed by atoms with Crippen LogP contribution < -0.4 is 10.1 Å². The molecule has 0 aromatic heterocycles. The third kappa shape index (κ3) is 6.77. The smallest absolute Gasteiger partial charge is 0.241 e. The Morgan fingerprint density at radius 2 is 1.69 bits per heavy atom. The van der Waals surface area contributed by atoms with Crippen LogP contribution in [0.3, 0.4) is 0 Å². The number of unbranched alkanes of at least 4 members (excludes halogenated alkanes) is 6. The number of hydrogen-bond acceptors (Lipinski definition) is 5. The van der Waals surface area contributed by atoms with Gasteiger partial charge in [0.25, 0.3) is 0 Å². The quantitative estimate of drug-likeness (QED) is 0.542. The fraction of sp³-hybridized carbons (Fsp3) is 0.591. The molecule has 1 aliphatic rings. The van der Waals surface area contributed by atoms with E-state index in [1.807, 2.05) is 31.2 Å². The molecule has 0 spiro atoms. The van der Waals surface area contributed by atoms with E-state index in [4.69, 9.17) is 4.74 Å². The van der Waals surface area contributed by atoms with Gasteiger partial charge in [0.2, 0.25) is 11.8 Å². The highest BCUT2D eigenvalue weighted by molar-refractivity contribution is 8.14. The van der Waals surface area contributed by atoms with E-state index in [1.54, 1.807) is 0 Å². The molecule has 6 nitrogen and oxygen atoms in total. The van der Waals surface area contributed by atoms with Gasteiger partial charge in [0.15, 0.2) is 5.17 Å². The topological polar surface area (TPSA) is 71.0 Å². The van der Waals surface area contributed by atoms with Crippen molar-refractivity contribution < 1.29 is 14.3 Å². The Kier molecular flexibility index (Phi) is 9.01. The van der Waals surface area contributed by atoms with Crippen LogP contribution in [0.2, 0.25) is 0 Å². The zero-order chi connectivity index (χ0) is 21.3. The van der Waals surface area contributed by atoms with Gasteiger partial charge in [-0.2, -0.15) is 0 Å². The highest BCUT2D eigenvalue weighted by atomic mass is 32.2. The first-order valence-electron chi connectivity index (χ1n) is 10.5. The van der Waals surface area contributed by atoms with E-state index in [9.17, 15) is 9.59 Å². The van der Waals surface area contributed by atoms with Crippen LogP contribution in [0.15, 0.2) is 29.4 Å². The van der Waals surface area contributed by atoms with Gasteiger partial charge in [0.05, 0.1) is 6.61 Å². The molecule has 29 heavy (non-hydrogen) atoms. The molecule has 2 amide bonds. The standard InChI is InChI=1S/C22H33N3O3S/c1-5-6-7-8-9-10-11-16-28-20-14-12-19(13-15-20)22(4)25(18(3)27)24-21(29-22)23-17(2)26/h12-15H,5-11,16H2,1-4H3,(H,23,24,26)/t22-/m1/s1. The summed E-state index contributed by atoms with van der Waals surface area (Å²) in [7, 11) is 0. The van der Waals surface area contributed by atoms with Crippen molar-refractivity contribution in [2.75, 3.05) is 6.61 Å². The summed E-state index contributed by atoms with van der Waals surface area (Å²) >= 11 is 1.35. The lowest BCUT2D eigenvalue weighted by atomic mass is 10.1. The maximum atomic E-state index is 12.1. The first-order valence-corrected chi connectivity index (χ1v) is 11.3. The molecular formula is C22H33N3O3S. The van der Waals surface area contributed by atoms with E-state index in [0.29, 0.717) is 11.8 Å². The minimum Gasteiger partial charge on any atom is -0.494 e. The molecule has 1 aliphatic heterocycles. The molecule has 0 saturated heterocycles. The SMILES string of the molecule is CCCCCCCCCOc1ccc([C@@]2(C)SC(NC(C)=O)=NN2C(C)=O)cc1. The average Bonchev–Trinajstić information content (AvgIpc) is 3.01. The van der Waals surface area contributed by atoms with Gasteiger partial charge in [-0.1, -0.05) is 69.3 Å². The number of thioether (sulfide) groups is 1. The van der Waals surface area contributed by atoms with Crippen molar-refractivity contribution in [1.29, 1.82) is 0 Å². The highest BCUT2D eigenvalue weighted by Gasteiger charge is 2.43. The molecule has 0 radical (unpaired) electrons. The third-order valence-electron chi connectivity index (χ3n) is 4.88. The normalized spacial score (nSPS) is 18.5. The van der Waals surface area contributed by atoms with Gasteiger partial charge in [-0.25, -0.2) is 5.01 Å². The molecule has 2 rings (SSSR count). The number of ether oxygens (including phenoxy) is 1. The van der Waals surface area contributed by atoms with Gasteiger partial charge in [-0.15, -0.1) is 5.10 Å². The number of benzene rings is 1. The summed E-state index contributed by atoms with van der Waals surface area (Å²) in [5, 5.41) is 8.79. The van der Waals surface area contributed by atoms with Gasteiger partial charge in [-0.05, 0) is 31.0 Å². The Morgan fingerprint density at radius 3 is 2.28 bits per heavy atom. The van der Waals surface area contributed by atoms with E-state index in [0.717, 1.165) is 17.7 Å². The van der Waals surface area contributed by atoms with Gasteiger partial charge in [0.1, 0.15) is 10.6 Å². The minimum atomic E-state index is -0.708. The van der Waals surface area contributed by atoms with Crippen molar-refractivity contribution in [3.63, 3.8) is 0 Å². The minimum absolute atomic E-state index is 0.181. The van der Waals surface area contributed by atoms with Crippen LogP contribution in [0, 0.1) is 0 Å². The van der Waals surface area contributed by atoms with Crippen LogP contribution in [-0.4, -0.2) is 28.6 Å². The number of hydrazone groups is 1. The third-order valence-corrected chi connectivity index (χ3v) is 6.06. The molecule has 1 aromatic rings. The molecule has 1 atom stereocenters. The fourth-order valence-corrected chi connectivity index (χ4v) is 4.50. The molecule has 1 aromatic carbocycles. The lowest BCUT2D eigenvalue weighted by Gasteiger charge is -2.31. The van der Waals surface area contributed by atoms with Crippen LogP contribution >= 0.6 is 11.8 Å². The number of amides is 2. The van der Waals surface area contributed by atoms with Crippen molar-refractivity contribution in [1.82, 2.24) is 10.3 Å². The molecular weight excluding hydrogens is 386 g/mol. The maximum Gasteiger partial charge on any atom is 0.241 e. The highest BCUT2D eigenvalue weighted by Crippen LogP contribution is 2.45. The molecule has 0 bridgehead atoms. The number of rotatable bonds is 10. The number of nitrogens with one attached hydrogen (secondary N) is 1. The number of carbonyl (C=O) groups is 2. The van der Waals surface area contributed by atoms with E-state index < -0.39 is 4.87 Å². The summed E-state index contributed by atoms with van der Waals surface area (Å²) in [6.45, 7) is 7.77. The number of carbonyl (C=O) groups excluding carboxylic acids is 2. The lowest BCUT2D eigenvalue weighted by molar-refractivity contribution is -0.131. The first-order chi connectivity index (χ1) is 13.9. The second-order valence-corrected chi connectivity index (χ2v) is 8.88. The van der Waals surface area contributed by atoms with E-state index in [-0.39, 0.29) is 11.8 Å². The molecule has 160 valence electrons. The largest absolute Gasteiger partial charge is 0.494 e. The number of nitrogens with zero attached hydrogens (tertiary/aromatic N) is 2. The van der Waals surface area contributed by atoms with Crippen molar-refractivity contribution in [3.05, 3.63) is 29.8 Å². The summed E-state index contributed by atoms with van der Waals surface area (Å²) in [6.07, 6.45) is 8.80. The summed E-state index contributed by atoms with van der Waals surface area (Å²) in [5.74, 6) is 0.432. The van der Waals surface area contributed by atoms with Crippen molar-refractivity contribution in [2.45, 2.75) is 77.5 Å². The monoisotopic (exact) mass is 419 g/mol. The Labute approximate surface area is 178 Å². The van der Waals surface area contributed by atoms with Gasteiger partial charge >= 0.3 is 0 Å². The summed E-state index contributed by atoms with van der Waals surface area (Å²) in [4.78, 5) is 22.7. The number of amidine groups is 1. The van der Waals surface area contributed by atoms with Gasteiger partial charge in [0, 0.05) is 13.8 Å². The Balaban J connectivity index is 1.88. The average molecular weight is 420 g/mol. The van der Waals surface area contributed by atoms with Crippen molar-refractivity contribution >= 4 is 28.7 Å². The molecule has 1 heterocycles. The zero-order valence-corrected chi connectivity index (χ0v) is 18.8. The Morgan fingerprint density at radius 1 is 1.07 bits per heavy atom. The molecule has 7 heteroatoms. The predicted molar refractivity (Wildman–Crippen MR) is 119 cm³/mol. The Hall–Kier alpha value is -2.02. The maximum absolute atomic E-state index is 12.1. The summed E-state index contributed by atoms with van der Waals surface area (Å²) in [5.41, 5.74) is 0.921. The van der Waals surface area contributed by atoms with Crippen molar-refractivity contribution in [2.24, 2.45) is 5.10 Å².